The molecule has 0 unspecified atom stereocenters. The molecule has 7 heteroatoms. The van der Waals surface area contributed by atoms with E-state index in [4.69, 9.17) is 4.42 Å². The molecule has 0 spiro atoms. The lowest BCUT2D eigenvalue weighted by atomic mass is 9.97. The van der Waals surface area contributed by atoms with E-state index in [-0.39, 0.29) is 17.7 Å². The van der Waals surface area contributed by atoms with Gasteiger partial charge in [-0.15, -0.1) is 10.2 Å². The van der Waals surface area contributed by atoms with Crippen LogP contribution in [0.2, 0.25) is 0 Å². The van der Waals surface area contributed by atoms with Gasteiger partial charge in [-0.05, 0) is 30.0 Å². The molecular weight excluding hydrogens is 360 g/mol. The van der Waals surface area contributed by atoms with Crippen molar-refractivity contribution in [3.63, 3.8) is 0 Å². The molecule has 6 nitrogen and oxygen atoms in total. The third kappa shape index (κ3) is 5.65. The van der Waals surface area contributed by atoms with Gasteiger partial charge >= 0.3 is 0 Å². The molecular formula is C20H22N4O2S. The highest BCUT2D eigenvalue weighted by Crippen LogP contribution is 2.24. The first-order valence-electron chi connectivity index (χ1n) is 8.83. The Bertz CT molecular complexity index is 853. The van der Waals surface area contributed by atoms with Crippen LogP contribution >= 0.6 is 11.8 Å². The summed E-state index contributed by atoms with van der Waals surface area (Å²) in [5, 5.41) is 11.5. The highest BCUT2D eigenvalue weighted by atomic mass is 32.2. The second kappa shape index (κ2) is 9.32. The lowest BCUT2D eigenvalue weighted by Gasteiger charge is -2.21. The van der Waals surface area contributed by atoms with Gasteiger partial charge in [0.1, 0.15) is 0 Å². The molecule has 1 atom stereocenters. The van der Waals surface area contributed by atoms with Crippen molar-refractivity contribution in [1.29, 1.82) is 0 Å². The van der Waals surface area contributed by atoms with Crippen molar-refractivity contribution in [3.8, 4) is 11.5 Å². The van der Waals surface area contributed by atoms with Crippen LogP contribution < -0.4 is 5.32 Å². The van der Waals surface area contributed by atoms with Gasteiger partial charge in [-0.1, -0.05) is 55.9 Å². The van der Waals surface area contributed by atoms with Gasteiger partial charge in [0, 0.05) is 12.4 Å². The predicted molar refractivity (Wildman–Crippen MR) is 105 cm³/mol. The summed E-state index contributed by atoms with van der Waals surface area (Å²) in [5.74, 6) is 1.03. The van der Waals surface area contributed by atoms with E-state index in [9.17, 15) is 4.79 Å². The van der Waals surface area contributed by atoms with Gasteiger partial charge in [-0.25, -0.2) is 0 Å². The van der Waals surface area contributed by atoms with Gasteiger partial charge in [0.05, 0.1) is 17.4 Å². The summed E-state index contributed by atoms with van der Waals surface area (Å²) in [6.07, 6.45) is 4.22. The molecule has 0 fully saturated rings. The molecule has 0 aliphatic carbocycles. The highest BCUT2D eigenvalue weighted by molar-refractivity contribution is 7.99. The molecule has 140 valence electrons. The largest absolute Gasteiger partial charge is 0.411 e. The Morgan fingerprint density at radius 1 is 1.15 bits per heavy atom. The zero-order valence-electron chi connectivity index (χ0n) is 15.3. The number of hydrogen-bond acceptors (Lipinski definition) is 6. The van der Waals surface area contributed by atoms with Crippen LogP contribution in [0.5, 0.6) is 0 Å². The minimum absolute atomic E-state index is 0.00654. The molecule has 0 radical (unpaired) electrons. The number of nitrogens with one attached hydrogen (secondary N) is 1. The average Bonchev–Trinajstić information content (AvgIpc) is 3.16. The van der Waals surface area contributed by atoms with Crippen molar-refractivity contribution in [1.82, 2.24) is 20.5 Å². The van der Waals surface area contributed by atoms with Gasteiger partial charge < -0.3 is 9.73 Å². The molecule has 0 aliphatic heterocycles. The SMILES string of the molecule is CC(C)C[C@@H](NC(=O)CSc1nnc(-c2cccnc2)o1)c1ccccc1. The van der Waals surface area contributed by atoms with Crippen LogP contribution in [-0.4, -0.2) is 26.8 Å². The first-order valence-corrected chi connectivity index (χ1v) is 9.81. The molecule has 2 aromatic heterocycles. The summed E-state index contributed by atoms with van der Waals surface area (Å²) in [4.78, 5) is 16.5. The standard InChI is InChI=1S/C20H22N4O2S/c1-14(2)11-17(15-7-4-3-5-8-15)22-18(25)13-27-20-24-23-19(26-20)16-9-6-10-21-12-16/h3-10,12,14,17H,11,13H2,1-2H3,(H,22,25)/t17-/m1/s1. The van der Waals surface area contributed by atoms with Crippen molar-refractivity contribution in [2.75, 3.05) is 5.75 Å². The number of thioether (sulfide) groups is 1. The number of hydrogen-bond donors (Lipinski definition) is 1. The zero-order valence-corrected chi connectivity index (χ0v) is 16.1. The molecule has 0 saturated carbocycles. The summed E-state index contributed by atoms with van der Waals surface area (Å²) in [6, 6.07) is 13.7. The summed E-state index contributed by atoms with van der Waals surface area (Å²) in [5.41, 5.74) is 1.86. The second-order valence-electron chi connectivity index (χ2n) is 6.56. The Labute approximate surface area is 162 Å². The zero-order chi connectivity index (χ0) is 19.1. The molecule has 3 aromatic rings. The fraction of sp³-hybridized carbons (Fsp3) is 0.300. The maximum absolute atomic E-state index is 12.4. The van der Waals surface area contributed by atoms with Crippen LogP contribution in [0.4, 0.5) is 0 Å². The summed E-state index contributed by atoms with van der Waals surface area (Å²) >= 11 is 1.23. The van der Waals surface area contributed by atoms with Gasteiger partial charge in [-0.3, -0.25) is 9.78 Å². The maximum atomic E-state index is 12.4. The molecule has 1 N–H and O–H groups in total. The predicted octanol–water partition coefficient (Wildman–Crippen LogP) is 4.13. The third-order valence-corrected chi connectivity index (χ3v) is 4.70. The fourth-order valence-electron chi connectivity index (χ4n) is 2.67. The monoisotopic (exact) mass is 382 g/mol. The highest BCUT2D eigenvalue weighted by Gasteiger charge is 2.17. The maximum Gasteiger partial charge on any atom is 0.277 e. The Morgan fingerprint density at radius 3 is 2.67 bits per heavy atom. The number of nitrogens with zero attached hydrogens (tertiary/aromatic N) is 3. The van der Waals surface area contributed by atoms with Crippen LogP contribution in [0.25, 0.3) is 11.5 Å². The number of benzene rings is 1. The third-order valence-electron chi connectivity index (χ3n) is 3.89. The second-order valence-corrected chi connectivity index (χ2v) is 7.49. The Hall–Kier alpha value is -2.67. The number of carbonyl (C=O) groups excluding carboxylic acids is 1. The van der Waals surface area contributed by atoms with Crippen molar-refractivity contribution in [2.45, 2.75) is 31.5 Å². The normalized spacial score (nSPS) is 12.1. The summed E-state index contributed by atoms with van der Waals surface area (Å²) in [6.45, 7) is 4.30. The van der Waals surface area contributed by atoms with Crippen LogP contribution in [-0.2, 0) is 4.79 Å². The lowest BCUT2D eigenvalue weighted by molar-refractivity contribution is -0.119. The number of rotatable bonds is 8. The van der Waals surface area contributed by atoms with Gasteiger partial charge in [0.25, 0.3) is 5.22 Å². The number of carbonyl (C=O) groups is 1. The molecule has 1 aromatic carbocycles. The van der Waals surface area contributed by atoms with Gasteiger partial charge in [0.2, 0.25) is 11.8 Å². The molecule has 2 heterocycles. The summed E-state index contributed by atoms with van der Waals surface area (Å²) in [7, 11) is 0. The molecule has 3 rings (SSSR count). The van der Waals surface area contributed by atoms with Crippen LogP contribution in [0.3, 0.4) is 0 Å². The van der Waals surface area contributed by atoms with Crippen molar-refractivity contribution in [3.05, 3.63) is 60.4 Å². The fourth-order valence-corrected chi connectivity index (χ4v) is 3.25. The van der Waals surface area contributed by atoms with E-state index in [0.717, 1.165) is 17.5 Å². The number of amides is 1. The number of aromatic nitrogens is 3. The smallest absolute Gasteiger partial charge is 0.277 e. The average molecular weight is 382 g/mol. The van der Waals surface area contributed by atoms with E-state index in [1.165, 1.54) is 11.8 Å². The van der Waals surface area contributed by atoms with E-state index in [1.54, 1.807) is 18.5 Å². The van der Waals surface area contributed by atoms with E-state index < -0.39 is 0 Å². The van der Waals surface area contributed by atoms with Crippen LogP contribution in [0.1, 0.15) is 31.9 Å². The topological polar surface area (TPSA) is 80.9 Å². The van der Waals surface area contributed by atoms with E-state index in [1.807, 2.05) is 36.4 Å². The molecule has 0 aliphatic rings. The van der Waals surface area contributed by atoms with Crippen molar-refractivity contribution in [2.24, 2.45) is 5.92 Å². The molecule has 1 amide bonds. The van der Waals surface area contributed by atoms with Crippen LogP contribution in [0, 0.1) is 5.92 Å². The molecule has 0 saturated heterocycles. The van der Waals surface area contributed by atoms with Crippen molar-refractivity contribution >= 4 is 17.7 Å². The molecule has 0 bridgehead atoms. The van der Waals surface area contributed by atoms with E-state index in [0.29, 0.717) is 17.0 Å². The van der Waals surface area contributed by atoms with E-state index in [2.05, 4.69) is 34.3 Å². The first kappa shape index (κ1) is 19.1. The Morgan fingerprint density at radius 2 is 1.96 bits per heavy atom. The summed E-state index contributed by atoms with van der Waals surface area (Å²) < 4.78 is 5.60. The minimum atomic E-state index is -0.0596. The van der Waals surface area contributed by atoms with Gasteiger partial charge in [0.15, 0.2) is 0 Å². The first-order chi connectivity index (χ1) is 13.1. The van der Waals surface area contributed by atoms with Crippen LogP contribution in [0.15, 0.2) is 64.5 Å². The van der Waals surface area contributed by atoms with Gasteiger partial charge in [-0.2, -0.15) is 0 Å². The quantitative estimate of drug-likeness (QED) is 0.590. The lowest BCUT2D eigenvalue weighted by Crippen LogP contribution is -2.30. The van der Waals surface area contributed by atoms with Crippen molar-refractivity contribution < 1.29 is 9.21 Å². The number of pyridine rings is 1. The minimum Gasteiger partial charge on any atom is -0.411 e. The molecule has 27 heavy (non-hydrogen) atoms. The Balaban J connectivity index is 1.57. The Kier molecular flexibility index (Phi) is 6.59. The van der Waals surface area contributed by atoms with E-state index >= 15 is 0 Å².